The molecular weight excluding hydrogens is 499 g/mol. The van der Waals surface area contributed by atoms with E-state index in [9.17, 15) is 13.2 Å². The first-order valence-electron chi connectivity index (χ1n) is 12.7. The fourth-order valence-electron chi connectivity index (χ4n) is 4.97. The second-order valence-corrected chi connectivity index (χ2v) is 9.94. The number of halogens is 4. The van der Waals surface area contributed by atoms with Crippen molar-refractivity contribution in [2.75, 3.05) is 31.6 Å². The van der Waals surface area contributed by atoms with Gasteiger partial charge in [-0.2, -0.15) is 13.2 Å². The number of ether oxygens (including phenoxy) is 1. The molecule has 1 saturated heterocycles. The van der Waals surface area contributed by atoms with Crippen LogP contribution in [0.4, 0.5) is 18.9 Å². The summed E-state index contributed by atoms with van der Waals surface area (Å²) < 4.78 is 45.7. The number of likely N-dealkylation sites (tertiary alicyclic amines) is 1. The Morgan fingerprint density at radius 3 is 2.70 bits per heavy atom. The van der Waals surface area contributed by atoms with E-state index in [1.165, 1.54) is 17.2 Å². The van der Waals surface area contributed by atoms with Gasteiger partial charge in [-0.15, -0.1) is 0 Å². The molecule has 0 saturated carbocycles. The molecule has 1 unspecified atom stereocenters. The van der Waals surface area contributed by atoms with Crippen LogP contribution in [0.1, 0.15) is 53.1 Å². The van der Waals surface area contributed by atoms with Gasteiger partial charge in [-0.3, -0.25) is 9.88 Å². The van der Waals surface area contributed by atoms with Gasteiger partial charge in [0.25, 0.3) is 0 Å². The fraction of sp³-hybridized carbons (Fsp3) is 0.414. The molecule has 1 aliphatic rings. The van der Waals surface area contributed by atoms with E-state index < -0.39 is 11.7 Å². The quantitative estimate of drug-likeness (QED) is 0.308. The molecule has 198 valence electrons. The lowest BCUT2D eigenvalue weighted by atomic mass is 9.90. The number of hydrogen-bond donors (Lipinski definition) is 1. The minimum Gasteiger partial charge on any atom is -0.493 e. The van der Waals surface area contributed by atoms with Gasteiger partial charge in [-0.05, 0) is 85.8 Å². The molecule has 1 N–H and O–H groups in total. The van der Waals surface area contributed by atoms with Crippen LogP contribution >= 0.6 is 11.6 Å². The zero-order valence-corrected chi connectivity index (χ0v) is 22.0. The first-order valence-corrected chi connectivity index (χ1v) is 13.1. The van der Waals surface area contributed by atoms with E-state index in [2.05, 4.69) is 41.2 Å². The second kappa shape index (κ2) is 12.2. The Labute approximate surface area is 221 Å². The van der Waals surface area contributed by atoms with E-state index in [4.69, 9.17) is 16.3 Å². The zero-order valence-electron chi connectivity index (χ0n) is 21.2. The minimum atomic E-state index is -4.48. The predicted molar refractivity (Wildman–Crippen MR) is 142 cm³/mol. The molecule has 1 aliphatic heterocycles. The van der Waals surface area contributed by atoms with Crippen molar-refractivity contribution in [3.63, 3.8) is 0 Å². The highest BCUT2D eigenvalue weighted by Gasteiger charge is 2.33. The van der Waals surface area contributed by atoms with Gasteiger partial charge in [0.1, 0.15) is 5.75 Å². The fourth-order valence-corrected chi connectivity index (χ4v) is 5.19. The van der Waals surface area contributed by atoms with E-state index >= 15 is 0 Å². The SMILES string of the molecule is Cc1c(OCCc2cccnc2)ccc(C2CCCCN2CCNc2ccc(Cl)c(C(F)(F)F)c2)c1C. The summed E-state index contributed by atoms with van der Waals surface area (Å²) in [5.74, 6) is 0.900. The van der Waals surface area contributed by atoms with E-state index in [0.717, 1.165) is 61.7 Å². The molecule has 0 radical (unpaired) electrons. The Balaban J connectivity index is 1.39. The van der Waals surface area contributed by atoms with Crippen molar-refractivity contribution in [2.45, 2.75) is 51.7 Å². The third-order valence-corrected chi connectivity index (χ3v) is 7.45. The number of rotatable bonds is 9. The average Bonchev–Trinajstić information content (AvgIpc) is 2.88. The summed E-state index contributed by atoms with van der Waals surface area (Å²) in [7, 11) is 0. The van der Waals surface area contributed by atoms with Gasteiger partial charge in [0.15, 0.2) is 0 Å². The highest BCUT2D eigenvalue weighted by Crippen LogP contribution is 2.37. The van der Waals surface area contributed by atoms with Gasteiger partial charge in [-0.25, -0.2) is 0 Å². The van der Waals surface area contributed by atoms with E-state index in [1.807, 2.05) is 18.3 Å². The molecule has 0 aliphatic carbocycles. The number of anilines is 1. The van der Waals surface area contributed by atoms with Crippen molar-refractivity contribution in [1.82, 2.24) is 9.88 Å². The highest BCUT2D eigenvalue weighted by atomic mass is 35.5. The normalized spacial score (nSPS) is 16.5. The number of aromatic nitrogens is 1. The minimum absolute atomic E-state index is 0.273. The Hall–Kier alpha value is -2.77. The maximum Gasteiger partial charge on any atom is 0.417 e. The molecule has 2 aromatic carbocycles. The van der Waals surface area contributed by atoms with Crippen LogP contribution in [0.3, 0.4) is 0 Å². The molecule has 1 aromatic heterocycles. The van der Waals surface area contributed by atoms with Crippen molar-refractivity contribution < 1.29 is 17.9 Å². The molecule has 4 nitrogen and oxygen atoms in total. The predicted octanol–water partition coefficient (Wildman–Crippen LogP) is 7.63. The zero-order chi connectivity index (χ0) is 26.4. The number of benzene rings is 2. The van der Waals surface area contributed by atoms with Gasteiger partial charge in [0.05, 0.1) is 17.2 Å². The largest absolute Gasteiger partial charge is 0.493 e. The standard InChI is InChI=1S/C29H33ClF3N3O/c1-20-21(2)28(37-17-12-22-6-5-13-34-19-22)11-9-24(20)27-7-3-4-15-36(27)16-14-35-23-8-10-26(30)25(18-23)29(31,32)33/h5-6,8-11,13,18-19,27,35H,3-4,7,12,14-17H2,1-2H3. The first kappa shape index (κ1) is 27.3. The van der Waals surface area contributed by atoms with Gasteiger partial charge < -0.3 is 10.1 Å². The Bertz CT molecular complexity index is 1190. The summed E-state index contributed by atoms with van der Waals surface area (Å²) >= 11 is 5.75. The summed E-state index contributed by atoms with van der Waals surface area (Å²) in [4.78, 5) is 6.58. The molecule has 2 heterocycles. The van der Waals surface area contributed by atoms with E-state index in [0.29, 0.717) is 18.8 Å². The third-order valence-electron chi connectivity index (χ3n) is 7.12. The number of piperidine rings is 1. The lowest BCUT2D eigenvalue weighted by molar-refractivity contribution is -0.137. The Morgan fingerprint density at radius 1 is 1.11 bits per heavy atom. The average molecular weight is 532 g/mol. The van der Waals surface area contributed by atoms with Crippen LogP contribution in [-0.4, -0.2) is 36.1 Å². The van der Waals surface area contributed by atoms with Crippen molar-refractivity contribution in [3.05, 3.63) is 87.7 Å². The van der Waals surface area contributed by atoms with Crippen LogP contribution in [0.2, 0.25) is 5.02 Å². The van der Waals surface area contributed by atoms with Gasteiger partial charge in [0, 0.05) is 43.6 Å². The molecule has 1 fully saturated rings. The first-order chi connectivity index (χ1) is 17.7. The van der Waals surface area contributed by atoms with Crippen LogP contribution in [0.25, 0.3) is 0 Å². The van der Waals surface area contributed by atoms with Crippen molar-refractivity contribution in [3.8, 4) is 5.75 Å². The number of nitrogens with zero attached hydrogens (tertiary/aromatic N) is 2. The summed E-state index contributed by atoms with van der Waals surface area (Å²) in [6.45, 7) is 7.08. The van der Waals surface area contributed by atoms with Crippen molar-refractivity contribution >= 4 is 17.3 Å². The summed E-state index contributed by atoms with van der Waals surface area (Å²) in [6.07, 6.45) is 3.28. The molecule has 1 atom stereocenters. The van der Waals surface area contributed by atoms with Gasteiger partial charge in [0.2, 0.25) is 0 Å². The van der Waals surface area contributed by atoms with Crippen LogP contribution in [0.5, 0.6) is 5.75 Å². The van der Waals surface area contributed by atoms with Crippen molar-refractivity contribution in [1.29, 1.82) is 0 Å². The Morgan fingerprint density at radius 2 is 1.95 bits per heavy atom. The maximum atomic E-state index is 13.2. The van der Waals surface area contributed by atoms with E-state index in [1.54, 1.807) is 12.3 Å². The molecule has 0 bridgehead atoms. The lowest BCUT2D eigenvalue weighted by Gasteiger charge is -2.37. The van der Waals surface area contributed by atoms with Gasteiger partial charge >= 0.3 is 6.18 Å². The topological polar surface area (TPSA) is 37.4 Å². The molecule has 37 heavy (non-hydrogen) atoms. The van der Waals surface area contributed by atoms with Crippen LogP contribution < -0.4 is 10.1 Å². The van der Waals surface area contributed by atoms with Crippen LogP contribution in [0, 0.1) is 13.8 Å². The lowest BCUT2D eigenvalue weighted by Crippen LogP contribution is -2.37. The summed E-state index contributed by atoms with van der Waals surface area (Å²) in [6, 6.07) is 12.5. The number of hydrogen-bond acceptors (Lipinski definition) is 4. The summed E-state index contributed by atoms with van der Waals surface area (Å²) in [5.41, 5.74) is 4.43. The second-order valence-electron chi connectivity index (χ2n) is 9.53. The number of nitrogens with one attached hydrogen (secondary N) is 1. The van der Waals surface area contributed by atoms with Crippen LogP contribution in [0.15, 0.2) is 54.9 Å². The molecule has 4 rings (SSSR count). The number of alkyl halides is 3. The maximum absolute atomic E-state index is 13.2. The molecule has 8 heteroatoms. The Kier molecular flexibility index (Phi) is 8.98. The molecule has 0 amide bonds. The monoisotopic (exact) mass is 531 g/mol. The van der Waals surface area contributed by atoms with E-state index in [-0.39, 0.29) is 11.1 Å². The number of pyridine rings is 1. The molecule has 0 spiro atoms. The third kappa shape index (κ3) is 6.96. The summed E-state index contributed by atoms with van der Waals surface area (Å²) in [5, 5.41) is 2.86. The molecular formula is C29H33ClF3N3O. The molecule has 3 aromatic rings. The smallest absolute Gasteiger partial charge is 0.417 e. The highest BCUT2D eigenvalue weighted by molar-refractivity contribution is 6.31. The van der Waals surface area contributed by atoms with Crippen LogP contribution in [-0.2, 0) is 12.6 Å². The van der Waals surface area contributed by atoms with Crippen molar-refractivity contribution in [2.24, 2.45) is 0 Å². The van der Waals surface area contributed by atoms with Gasteiger partial charge in [-0.1, -0.05) is 30.2 Å².